The Morgan fingerprint density at radius 1 is 1.77 bits per heavy atom. The summed E-state index contributed by atoms with van der Waals surface area (Å²) in [7, 11) is 0. The first kappa shape index (κ1) is 9.44. The highest BCUT2D eigenvalue weighted by Crippen LogP contribution is 2.32. The monoisotopic (exact) mass is 216 g/mol. The van der Waals surface area contributed by atoms with Crippen molar-refractivity contribution in [3.63, 3.8) is 0 Å². The van der Waals surface area contributed by atoms with E-state index in [9.17, 15) is 0 Å². The summed E-state index contributed by atoms with van der Waals surface area (Å²) in [5, 5.41) is 0. The standard InChI is InChI=1S/C9H13ClN2S/c1-2-12-4-3-7(6-12)8-5-11-9(10)13-8/h5,7H,2-4,6H2,1H3. The first-order valence-electron chi connectivity index (χ1n) is 4.63. The SMILES string of the molecule is CCN1CCC(c2cnc(Cl)s2)C1. The van der Waals surface area contributed by atoms with Gasteiger partial charge in [-0.3, -0.25) is 0 Å². The second kappa shape index (κ2) is 3.95. The maximum atomic E-state index is 5.80. The molecule has 1 aliphatic rings. The average molecular weight is 217 g/mol. The highest BCUT2D eigenvalue weighted by molar-refractivity contribution is 7.15. The van der Waals surface area contributed by atoms with Crippen LogP contribution in [0.15, 0.2) is 6.20 Å². The Kier molecular flexibility index (Phi) is 2.86. The van der Waals surface area contributed by atoms with Crippen molar-refractivity contribution < 1.29 is 0 Å². The van der Waals surface area contributed by atoms with Crippen molar-refractivity contribution in [2.75, 3.05) is 19.6 Å². The lowest BCUT2D eigenvalue weighted by atomic mass is 10.1. The number of nitrogens with zero attached hydrogens (tertiary/aromatic N) is 2. The van der Waals surface area contributed by atoms with E-state index in [4.69, 9.17) is 11.6 Å². The van der Waals surface area contributed by atoms with Crippen LogP contribution in [0, 0.1) is 0 Å². The normalized spacial score (nSPS) is 24.0. The number of aromatic nitrogens is 1. The fourth-order valence-corrected chi connectivity index (χ4v) is 2.89. The molecule has 0 aliphatic carbocycles. The molecule has 0 saturated carbocycles. The van der Waals surface area contributed by atoms with Crippen molar-refractivity contribution in [3.8, 4) is 0 Å². The molecule has 0 radical (unpaired) electrons. The van der Waals surface area contributed by atoms with Crippen molar-refractivity contribution in [1.82, 2.24) is 9.88 Å². The Morgan fingerprint density at radius 3 is 3.15 bits per heavy atom. The molecule has 1 atom stereocenters. The van der Waals surface area contributed by atoms with E-state index < -0.39 is 0 Å². The predicted molar refractivity (Wildman–Crippen MR) is 56.6 cm³/mol. The van der Waals surface area contributed by atoms with Gasteiger partial charge in [0.15, 0.2) is 4.47 Å². The Balaban J connectivity index is 2.03. The maximum Gasteiger partial charge on any atom is 0.183 e. The molecule has 0 spiro atoms. The Labute approximate surface area is 87.5 Å². The predicted octanol–water partition coefficient (Wildman–Crippen LogP) is 2.61. The molecule has 1 fully saturated rings. The molecular weight excluding hydrogens is 204 g/mol. The molecule has 1 unspecified atom stereocenters. The molecule has 72 valence electrons. The minimum Gasteiger partial charge on any atom is -0.303 e. The van der Waals surface area contributed by atoms with Crippen LogP contribution in [0.1, 0.15) is 24.1 Å². The van der Waals surface area contributed by atoms with Gasteiger partial charge in [0.2, 0.25) is 0 Å². The third kappa shape index (κ3) is 2.03. The van der Waals surface area contributed by atoms with Gasteiger partial charge in [0.1, 0.15) is 0 Å². The molecule has 0 N–H and O–H groups in total. The maximum absolute atomic E-state index is 5.80. The number of likely N-dealkylation sites (tertiary alicyclic amines) is 1. The summed E-state index contributed by atoms with van der Waals surface area (Å²) in [6.07, 6.45) is 3.18. The zero-order valence-corrected chi connectivity index (χ0v) is 9.24. The first-order valence-corrected chi connectivity index (χ1v) is 5.82. The van der Waals surface area contributed by atoms with Gasteiger partial charge >= 0.3 is 0 Å². The average Bonchev–Trinajstić information content (AvgIpc) is 2.71. The Hall–Kier alpha value is -0.120. The van der Waals surface area contributed by atoms with Crippen LogP contribution in [0.3, 0.4) is 0 Å². The number of thiazole rings is 1. The molecule has 1 aromatic heterocycles. The summed E-state index contributed by atoms with van der Waals surface area (Å²) < 4.78 is 0.671. The van der Waals surface area contributed by atoms with Crippen molar-refractivity contribution >= 4 is 22.9 Å². The zero-order valence-electron chi connectivity index (χ0n) is 7.66. The van der Waals surface area contributed by atoms with Crippen LogP contribution in [-0.2, 0) is 0 Å². The number of hydrogen-bond donors (Lipinski definition) is 0. The van der Waals surface area contributed by atoms with E-state index >= 15 is 0 Å². The van der Waals surface area contributed by atoms with Gasteiger partial charge < -0.3 is 4.90 Å². The summed E-state index contributed by atoms with van der Waals surface area (Å²) in [6, 6.07) is 0. The molecule has 4 heteroatoms. The molecule has 0 amide bonds. The molecule has 2 nitrogen and oxygen atoms in total. The van der Waals surface area contributed by atoms with Gasteiger partial charge in [0.05, 0.1) is 0 Å². The second-order valence-electron chi connectivity index (χ2n) is 3.39. The van der Waals surface area contributed by atoms with Crippen molar-refractivity contribution in [2.24, 2.45) is 0 Å². The van der Waals surface area contributed by atoms with Crippen LogP contribution in [0.5, 0.6) is 0 Å². The van der Waals surface area contributed by atoms with Gasteiger partial charge in [0.25, 0.3) is 0 Å². The highest BCUT2D eigenvalue weighted by atomic mass is 35.5. The molecule has 0 aromatic carbocycles. The fourth-order valence-electron chi connectivity index (χ4n) is 1.81. The lowest BCUT2D eigenvalue weighted by molar-refractivity contribution is 0.354. The summed E-state index contributed by atoms with van der Waals surface area (Å²) >= 11 is 7.43. The van der Waals surface area contributed by atoms with Gasteiger partial charge in [-0.2, -0.15) is 0 Å². The van der Waals surface area contributed by atoms with Crippen molar-refractivity contribution in [2.45, 2.75) is 19.3 Å². The third-order valence-corrected chi connectivity index (χ3v) is 3.89. The molecule has 13 heavy (non-hydrogen) atoms. The summed E-state index contributed by atoms with van der Waals surface area (Å²) in [4.78, 5) is 7.90. The van der Waals surface area contributed by atoms with Crippen LogP contribution in [0.4, 0.5) is 0 Å². The van der Waals surface area contributed by atoms with E-state index in [0.29, 0.717) is 10.4 Å². The number of likely N-dealkylation sites (N-methyl/N-ethyl adjacent to an activating group) is 1. The summed E-state index contributed by atoms with van der Waals surface area (Å²) in [6.45, 7) is 5.76. The Bertz CT molecular complexity index is 287. The minimum atomic E-state index is 0.671. The van der Waals surface area contributed by atoms with Crippen molar-refractivity contribution in [1.29, 1.82) is 0 Å². The molecule has 2 rings (SSSR count). The lowest BCUT2D eigenvalue weighted by Crippen LogP contribution is -2.19. The van der Waals surface area contributed by atoms with Crippen LogP contribution in [0.25, 0.3) is 0 Å². The van der Waals surface area contributed by atoms with E-state index in [1.807, 2.05) is 6.20 Å². The van der Waals surface area contributed by atoms with Crippen LogP contribution in [0.2, 0.25) is 4.47 Å². The van der Waals surface area contributed by atoms with Crippen LogP contribution < -0.4 is 0 Å². The Morgan fingerprint density at radius 2 is 2.62 bits per heavy atom. The van der Waals surface area contributed by atoms with Crippen molar-refractivity contribution in [3.05, 3.63) is 15.5 Å². The van der Waals surface area contributed by atoms with Gasteiger partial charge in [-0.25, -0.2) is 4.98 Å². The van der Waals surface area contributed by atoms with E-state index in [1.54, 1.807) is 11.3 Å². The highest BCUT2D eigenvalue weighted by Gasteiger charge is 2.23. The fraction of sp³-hybridized carbons (Fsp3) is 0.667. The van der Waals surface area contributed by atoms with Gasteiger partial charge in [0, 0.05) is 23.5 Å². The quantitative estimate of drug-likeness (QED) is 0.756. The van der Waals surface area contributed by atoms with Crippen LogP contribution >= 0.6 is 22.9 Å². The minimum absolute atomic E-state index is 0.671. The first-order chi connectivity index (χ1) is 6.29. The van der Waals surface area contributed by atoms with E-state index in [1.165, 1.54) is 24.4 Å². The van der Waals surface area contributed by atoms with E-state index in [0.717, 1.165) is 6.54 Å². The number of halogens is 1. The van der Waals surface area contributed by atoms with Crippen LogP contribution in [-0.4, -0.2) is 29.5 Å². The van der Waals surface area contributed by atoms with Gasteiger partial charge in [-0.15, -0.1) is 11.3 Å². The van der Waals surface area contributed by atoms with E-state index in [-0.39, 0.29) is 0 Å². The third-order valence-electron chi connectivity index (χ3n) is 2.62. The molecule has 2 heterocycles. The summed E-state index contributed by atoms with van der Waals surface area (Å²) in [5.74, 6) is 0.671. The van der Waals surface area contributed by atoms with Gasteiger partial charge in [-0.05, 0) is 19.5 Å². The molecular formula is C9H13ClN2S. The largest absolute Gasteiger partial charge is 0.303 e. The van der Waals surface area contributed by atoms with E-state index in [2.05, 4.69) is 16.8 Å². The second-order valence-corrected chi connectivity index (χ2v) is 5.04. The smallest absolute Gasteiger partial charge is 0.183 e. The summed E-state index contributed by atoms with van der Waals surface area (Å²) in [5.41, 5.74) is 0. The molecule has 0 bridgehead atoms. The lowest BCUT2D eigenvalue weighted by Gasteiger charge is -2.11. The number of hydrogen-bond acceptors (Lipinski definition) is 3. The topological polar surface area (TPSA) is 16.1 Å². The molecule has 1 aromatic rings. The number of rotatable bonds is 2. The van der Waals surface area contributed by atoms with Gasteiger partial charge in [-0.1, -0.05) is 18.5 Å². The molecule has 1 saturated heterocycles. The zero-order chi connectivity index (χ0) is 9.26. The molecule has 1 aliphatic heterocycles.